The number of hydrogen-bond acceptors (Lipinski definition) is 5. The molecule has 32 heavy (non-hydrogen) atoms. The predicted octanol–water partition coefficient (Wildman–Crippen LogP) is 4.12. The molecule has 1 aliphatic carbocycles. The van der Waals surface area contributed by atoms with E-state index < -0.39 is 9.84 Å². The van der Waals surface area contributed by atoms with Crippen molar-refractivity contribution in [2.75, 3.05) is 11.5 Å². The maximum absolute atomic E-state index is 13.1. The molecule has 2 aromatic carbocycles. The molecule has 2 heterocycles. The molecule has 2 aliphatic rings. The summed E-state index contributed by atoms with van der Waals surface area (Å²) in [6.45, 7) is 0. The fourth-order valence-corrected chi connectivity index (χ4v) is 6.16. The third-order valence-electron chi connectivity index (χ3n) is 6.14. The fraction of sp³-hybridized carbons (Fsp3) is 0.360. The lowest BCUT2D eigenvalue weighted by Gasteiger charge is -2.28. The summed E-state index contributed by atoms with van der Waals surface area (Å²) in [6, 6.07) is 19.7. The summed E-state index contributed by atoms with van der Waals surface area (Å²) >= 11 is 0. The molecule has 6 nitrogen and oxygen atoms in total. The van der Waals surface area contributed by atoms with E-state index in [4.69, 9.17) is 9.40 Å². The van der Waals surface area contributed by atoms with Crippen LogP contribution in [0, 0.1) is 0 Å². The van der Waals surface area contributed by atoms with Crippen LogP contribution in [0.5, 0.6) is 0 Å². The topological polar surface area (TPSA) is 80.5 Å². The number of oxazole rings is 1. The minimum absolute atomic E-state index is 0.00433. The van der Waals surface area contributed by atoms with Crippen LogP contribution < -0.4 is 0 Å². The van der Waals surface area contributed by atoms with Crippen LogP contribution in [0.15, 0.2) is 65.1 Å². The zero-order valence-corrected chi connectivity index (χ0v) is 18.6. The van der Waals surface area contributed by atoms with Crippen molar-refractivity contribution in [1.82, 2.24) is 9.88 Å². The van der Waals surface area contributed by atoms with Crippen LogP contribution in [0.1, 0.15) is 31.6 Å². The molecular weight excluding hydrogens is 424 g/mol. The Labute approximate surface area is 188 Å². The lowest BCUT2D eigenvalue weighted by Crippen LogP contribution is -2.42. The van der Waals surface area contributed by atoms with E-state index in [0.29, 0.717) is 24.5 Å². The van der Waals surface area contributed by atoms with Gasteiger partial charge in [0.1, 0.15) is 5.69 Å². The van der Waals surface area contributed by atoms with E-state index in [9.17, 15) is 13.2 Å². The van der Waals surface area contributed by atoms with Crippen molar-refractivity contribution in [3.63, 3.8) is 0 Å². The van der Waals surface area contributed by atoms with Gasteiger partial charge in [0.25, 0.3) is 0 Å². The maximum atomic E-state index is 13.1. The Kier molecular flexibility index (Phi) is 5.59. The van der Waals surface area contributed by atoms with Gasteiger partial charge in [0, 0.05) is 36.1 Å². The van der Waals surface area contributed by atoms with Crippen LogP contribution in [0.2, 0.25) is 0 Å². The first-order valence-electron chi connectivity index (χ1n) is 11.1. The van der Waals surface area contributed by atoms with E-state index in [1.54, 1.807) is 0 Å². The van der Waals surface area contributed by atoms with Gasteiger partial charge >= 0.3 is 0 Å². The third-order valence-corrected chi connectivity index (χ3v) is 7.89. The van der Waals surface area contributed by atoms with E-state index in [0.717, 1.165) is 29.7 Å². The second kappa shape index (κ2) is 8.54. The number of amides is 1. The van der Waals surface area contributed by atoms with Gasteiger partial charge in [-0.25, -0.2) is 13.4 Å². The van der Waals surface area contributed by atoms with E-state index in [2.05, 4.69) is 0 Å². The van der Waals surface area contributed by atoms with Gasteiger partial charge in [-0.3, -0.25) is 4.79 Å². The van der Waals surface area contributed by atoms with E-state index in [-0.39, 0.29) is 35.9 Å². The number of aryl methyl sites for hydroxylation is 1. The molecule has 0 radical (unpaired) electrons. The summed E-state index contributed by atoms with van der Waals surface area (Å²) in [6.07, 6.45) is 3.10. The van der Waals surface area contributed by atoms with E-state index >= 15 is 0 Å². The number of carbonyl (C=O) groups excluding carboxylic acids is 1. The minimum Gasteiger partial charge on any atom is -0.440 e. The highest BCUT2D eigenvalue weighted by Crippen LogP contribution is 2.35. The summed E-state index contributed by atoms with van der Waals surface area (Å²) in [5.74, 6) is 1.47. The average molecular weight is 451 g/mol. The van der Waals surface area contributed by atoms with Crippen molar-refractivity contribution in [3.05, 3.63) is 66.6 Å². The molecule has 1 aliphatic heterocycles. The first kappa shape index (κ1) is 20.9. The van der Waals surface area contributed by atoms with Gasteiger partial charge < -0.3 is 9.32 Å². The lowest BCUT2D eigenvalue weighted by atomic mass is 10.1. The summed E-state index contributed by atoms with van der Waals surface area (Å²) in [5, 5.41) is 0. The Morgan fingerprint density at radius 3 is 2.19 bits per heavy atom. The van der Waals surface area contributed by atoms with Crippen LogP contribution in [-0.4, -0.2) is 47.8 Å². The Balaban J connectivity index is 1.36. The standard InChI is InChI=1S/C25H26N2O4S/c28-23(27(20-11-12-20)21-15-16-32(29,30)17-21)14-13-22-26-24(18-7-3-1-4-8-18)25(31-22)19-9-5-2-6-10-19/h1-10,20-21H,11-17H2. The summed E-state index contributed by atoms with van der Waals surface area (Å²) < 4.78 is 30.0. The van der Waals surface area contributed by atoms with Crippen molar-refractivity contribution in [2.45, 2.75) is 44.2 Å². The predicted molar refractivity (Wildman–Crippen MR) is 123 cm³/mol. The Morgan fingerprint density at radius 1 is 0.938 bits per heavy atom. The van der Waals surface area contributed by atoms with Crippen LogP contribution in [0.25, 0.3) is 22.6 Å². The summed E-state index contributed by atoms with van der Waals surface area (Å²) in [5.41, 5.74) is 2.66. The molecule has 3 aromatic rings. The molecule has 0 bridgehead atoms. The maximum Gasteiger partial charge on any atom is 0.223 e. The molecule has 1 atom stereocenters. The van der Waals surface area contributed by atoms with Gasteiger partial charge in [-0.1, -0.05) is 60.7 Å². The minimum atomic E-state index is -3.04. The number of nitrogens with zero attached hydrogens (tertiary/aromatic N) is 2. The molecule has 1 amide bonds. The number of carbonyl (C=O) groups is 1. The first-order valence-corrected chi connectivity index (χ1v) is 12.9. The molecule has 166 valence electrons. The van der Waals surface area contributed by atoms with Crippen molar-refractivity contribution >= 4 is 15.7 Å². The monoisotopic (exact) mass is 450 g/mol. The number of benzene rings is 2. The van der Waals surface area contributed by atoms with Crippen LogP contribution in [0.4, 0.5) is 0 Å². The molecule has 2 fully saturated rings. The van der Waals surface area contributed by atoms with Crippen molar-refractivity contribution in [1.29, 1.82) is 0 Å². The van der Waals surface area contributed by atoms with Gasteiger partial charge in [0.05, 0.1) is 11.5 Å². The van der Waals surface area contributed by atoms with Gasteiger partial charge in [-0.15, -0.1) is 0 Å². The molecule has 5 rings (SSSR count). The Hall–Kier alpha value is -2.93. The molecule has 0 N–H and O–H groups in total. The highest BCUT2D eigenvalue weighted by Gasteiger charge is 2.41. The third kappa shape index (κ3) is 4.48. The number of sulfone groups is 1. The zero-order valence-electron chi connectivity index (χ0n) is 17.8. The average Bonchev–Trinajstić information content (AvgIpc) is 3.43. The fourth-order valence-electron chi connectivity index (χ4n) is 4.44. The quantitative estimate of drug-likeness (QED) is 0.541. The smallest absolute Gasteiger partial charge is 0.223 e. The van der Waals surface area contributed by atoms with Crippen molar-refractivity contribution in [3.8, 4) is 22.6 Å². The molecule has 1 unspecified atom stereocenters. The lowest BCUT2D eigenvalue weighted by molar-refractivity contribution is -0.133. The van der Waals surface area contributed by atoms with Crippen LogP contribution >= 0.6 is 0 Å². The molecule has 0 spiro atoms. The normalized spacial score (nSPS) is 19.7. The highest BCUT2D eigenvalue weighted by atomic mass is 32.2. The highest BCUT2D eigenvalue weighted by molar-refractivity contribution is 7.91. The molecule has 1 aromatic heterocycles. The van der Waals surface area contributed by atoms with Gasteiger partial charge in [-0.05, 0) is 19.3 Å². The molecule has 1 saturated heterocycles. The van der Waals surface area contributed by atoms with E-state index in [1.807, 2.05) is 65.6 Å². The van der Waals surface area contributed by atoms with Gasteiger partial charge in [0.2, 0.25) is 5.91 Å². The number of rotatable bonds is 7. The second-order valence-corrected chi connectivity index (χ2v) is 10.8. The van der Waals surface area contributed by atoms with Gasteiger partial charge in [0.15, 0.2) is 21.5 Å². The van der Waals surface area contributed by atoms with Gasteiger partial charge in [-0.2, -0.15) is 0 Å². The molecular formula is C25H26N2O4S. The Bertz CT molecular complexity index is 1140. The molecule has 1 saturated carbocycles. The van der Waals surface area contributed by atoms with Crippen molar-refractivity contribution in [2.24, 2.45) is 0 Å². The van der Waals surface area contributed by atoms with Crippen LogP contribution in [0.3, 0.4) is 0 Å². The number of aromatic nitrogens is 1. The van der Waals surface area contributed by atoms with Crippen LogP contribution in [-0.2, 0) is 21.1 Å². The zero-order chi connectivity index (χ0) is 22.1. The molecule has 7 heteroatoms. The number of hydrogen-bond donors (Lipinski definition) is 0. The summed E-state index contributed by atoms with van der Waals surface area (Å²) in [4.78, 5) is 19.7. The Morgan fingerprint density at radius 2 is 1.59 bits per heavy atom. The largest absolute Gasteiger partial charge is 0.440 e. The first-order chi connectivity index (χ1) is 15.5. The second-order valence-electron chi connectivity index (χ2n) is 8.61. The SMILES string of the molecule is O=C(CCc1nc(-c2ccccc2)c(-c2ccccc2)o1)N(C1CC1)C1CCS(=O)(=O)C1. The van der Waals surface area contributed by atoms with Crippen molar-refractivity contribution < 1.29 is 17.6 Å². The summed E-state index contributed by atoms with van der Waals surface area (Å²) in [7, 11) is -3.04. The van der Waals surface area contributed by atoms with E-state index in [1.165, 1.54) is 0 Å².